The van der Waals surface area contributed by atoms with E-state index in [1.54, 1.807) is 18.2 Å². The number of carbonyl (C=O) groups is 1. The zero-order chi connectivity index (χ0) is 13.3. The predicted molar refractivity (Wildman–Crippen MR) is 86.2 cm³/mol. The third-order valence-corrected chi connectivity index (χ3v) is 4.09. The molecule has 0 amide bonds. The van der Waals surface area contributed by atoms with Crippen molar-refractivity contribution in [2.75, 3.05) is 5.73 Å². The summed E-state index contributed by atoms with van der Waals surface area (Å²) in [6, 6.07) is 10.5. The summed E-state index contributed by atoms with van der Waals surface area (Å²) in [6.07, 6.45) is 0. The highest BCUT2D eigenvalue weighted by molar-refractivity contribution is 14.1. The molecule has 18 heavy (non-hydrogen) atoms. The fourth-order valence-electron chi connectivity index (χ4n) is 1.53. The monoisotopic (exact) mass is 435 g/mol. The topological polar surface area (TPSA) is 43.1 Å². The van der Waals surface area contributed by atoms with Gasteiger partial charge in [0.05, 0.1) is 5.02 Å². The number of ketones is 1. The van der Waals surface area contributed by atoms with Gasteiger partial charge in [-0.15, -0.1) is 0 Å². The van der Waals surface area contributed by atoms with Crippen LogP contribution in [0.3, 0.4) is 0 Å². The lowest BCUT2D eigenvalue weighted by atomic mass is 10.0. The Bertz CT molecular complexity index is 630. The Labute approximate surface area is 132 Å². The van der Waals surface area contributed by atoms with Crippen molar-refractivity contribution in [1.82, 2.24) is 0 Å². The summed E-state index contributed by atoms with van der Waals surface area (Å²) < 4.78 is 1.74. The van der Waals surface area contributed by atoms with E-state index < -0.39 is 0 Å². The van der Waals surface area contributed by atoms with Gasteiger partial charge in [0.2, 0.25) is 0 Å². The molecule has 5 heteroatoms. The lowest BCUT2D eigenvalue weighted by Crippen LogP contribution is -2.04. The van der Waals surface area contributed by atoms with Gasteiger partial charge in [-0.3, -0.25) is 4.79 Å². The van der Waals surface area contributed by atoms with Gasteiger partial charge in [-0.05, 0) is 59.0 Å². The van der Waals surface area contributed by atoms with E-state index in [0.29, 0.717) is 21.8 Å². The smallest absolute Gasteiger partial charge is 0.195 e. The van der Waals surface area contributed by atoms with Crippen LogP contribution in [0.5, 0.6) is 0 Å². The minimum atomic E-state index is -0.120. The molecular weight excluding hydrogens is 428 g/mol. The van der Waals surface area contributed by atoms with E-state index in [4.69, 9.17) is 17.3 Å². The Balaban J connectivity index is 2.51. The first-order valence-corrected chi connectivity index (χ1v) is 7.29. The van der Waals surface area contributed by atoms with Gasteiger partial charge >= 0.3 is 0 Å². The second-order valence-corrected chi connectivity index (χ2v) is 6.20. The molecule has 0 aromatic heterocycles. The fourth-order valence-corrected chi connectivity index (χ4v) is 2.72. The van der Waals surface area contributed by atoms with Gasteiger partial charge in [0.15, 0.2) is 5.78 Å². The summed E-state index contributed by atoms with van der Waals surface area (Å²) in [5.41, 5.74) is 7.20. The van der Waals surface area contributed by atoms with E-state index in [1.807, 2.05) is 18.2 Å². The molecule has 0 saturated carbocycles. The first kappa shape index (κ1) is 13.8. The fraction of sp³-hybridized carbons (Fsp3) is 0. The zero-order valence-corrected chi connectivity index (χ0v) is 13.6. The van der Waals surface area contributed by atoms with Gasteiger partial charge in [0, 0.05) is 24.9 Å². The van der Waals surface area contributed by atoms with Crippen LogP contribution in [0.1, 0.15) is 15.9 Å². The Morgan fingerprint density at radius 1 is 1.17 bits per heavy atom. The van der Waals surface area contributed by atoms with Crippen LogP contribution in [0.25, 0.3) is 0 Å². The van der Waals surface area contributed by atoms with E-state index in [2.05, 4.69) is 38.5 Å². The quantitative estimate of drug-likeness (QED) is 0.427. The summed E-state index contributed by atoms with van der Waals surface area (Å²) in [5, 5.41) is 0.366. The summed E-state index contributed by atoms with van der Waals surface area (Å²) in [6.45, 7) is 0. The highest BCUT2D eigenvalue weighted by Crippen LogP contribution is 2.26. The lowest BCUT2D eigenvalue weighted by molar-refractivity contribution is 0.103. The number of nitrogens with two attached hydrogens (primary N) is 1. The van der Waals surface area contributed by atoms with E-state index in [-0.39, 0.29) is 5.78 Å². The second kappa shape index (κ2) is 5.59. The standard InChI is InChI=1S/C13H8BrClINO/c14-11-4-1-7(16)5-10(11)13(18)9-3-2-8(17)6-12(9)15/h1-6H,17H2. The molecule has 2 aromatic carbocycles. The van der Waals surface area contributed by atoms with Crippen molar-refractivity contribution in [2.24, 2.45) is 0 Å². The van der Waals surface area contributed by atoms with Crippen LogP contribution in [0.2, 0.25) is 5.02 Å². The maximum atomic E-state index is 12.4. The Morgan fingerprint density at radius 2 is 1.89 bits per heavy atom. The number of nitrogen functional groups attached to an aromatic ring is 1. The van der Waals surface area contributed by atoms with Crippen LogP contribution < -0.4 is 5.73 Å². The van der Waals surface area contributed by atoms with Crippen LogP contribution in [0.15, 0.2) is 40.9 Å². The summed E-state index contributed by atoms with van der Waals surface area (Å²) in [7, 11) is 0. The van der Waals surface area contributed by atoms with Gasteiger partial charge in [0.25, 0.3) is 0 Å². The maximum Gasteiger partial charge on any atom is 0.195 e. The van der Waals surface area contributed by atoms with Gasteiger partial charge in [0.1, 0.15) is 0 Å². The molecule has 0 aliphatic heterocycles. The molecule has 0 spiro atoms. The number of hydrogen-bond donors (Lipinski definition) is 1. The highest BCUT2D eigenvalue weighted by Gasteiger charge is 2.16. The molecule has 0 heterocycles. The Morgan fingerprint density at radius 3 is 2.56 bits per heavy atom. The molecule has 0 fully saturated rings. The van der Waals surface area contributed by atoms with Gasteiger partial charge < -0.3 is 5.73 Å². The molecule has 2 nitrogen and oxygen atoms in total. The van der Waals surface area contributed by atoms with Crippen molar-refractivity contribution < 1.29 is 4.79 Å². The highest BCUT2D eigenvalue weighted by atomic mass is 127. The predicted octanol–water partition coefficient (Wildman–Crippen LogP) is 4.52. The van der Waals surface area contributed by atoms with Crippen molar-refractivity contribution in [3.05, 3.63) is 60.6 Å². The molecule has 0 atom stereocenters. The van der Waals surface area contributed by atoms with E-state index in [1.165, 1.54) is 0 Å². The Hall–Kier alpha value is -0.590. The van der Waals surface area contributed by atoms with Gasteiger partial charge in [-0.2, -0.15) is 0 Å². The van der Waals surface area contributed by atoms with Crippen molar-refractivity contribution in [3.63, 3.8) is 0 Å². The van der Waals surface area contributed by atoms with Crippen LogP contribution in [-0.4, -0.2) is 5.78 Å². The van der Waals surface area contributed by atoms with E-state index >= 15 is 0 Å². The molecular formula is C13H8BrClINO. The number of rotatable bonds is 2. The number of anilines is 1. The van der Waals surface area contributed by atoms with Crippen LogP contribution in [0.4, 0.5) is 5.69 Å². The van der Waals surface area contributed by atoms with Gasteiger partial charge in [-0.1, -0.05) is 27.5 Å². The molecule has 0 aliphatic rings. The first-order valence-electron chi connectivity index (χ1n) is 5.04. The van der Waals surface area contributed by atoms with Crippen LogP contribution >= 0.6 is 50.1 Å². The molecule has 2 N–H and O–H groups in total. The average molecular weight is 436 g/mol. The summed E-state index contributed by atoms with van der Waals surface area (Å²) >= 11 is 11.6. The average Bonchev–Trinajstić information content (AvgIpc) is 2.31. The maximum absolute atomic E-state index is 12.4. The molecule has 2 rings (SSSR count). The van der Waals surface area contributed by atoms with Crippen LogP contribution in [-0.2, 0) is 0 Å². The largest absolute Gasteiger partial charge is 0.399 e. The third-order valence-electron chi connectivity index (χ3n) is 2.41. The molecule has 0 aliphatic carbocycles. The minimum absolute atomic E-state index is 0.120. The van der Waals surface area contributed by atoms with Crippen molar-refractivity contribution in [2.45, 2.75) is 0 Å². The zero-order valence-electron chi connectivity index (χ0n) is 9.08. The molecule has 0 saturated heterocycles. The minimum Gasteiger partial charge on any atom is -0.399 e. The van der Waals surface area contributed by atoms with Crippen molar-refractivity contribution in [3.8, 4) is 0 Å². The summed E-state index contributed by atoms with van der Waals surface area (Å²) in [4.78, 5) is 12.4. The molecule has 0 bridgehead atoms. The molecule has 0 radical (unpaired) electrons. The molecule has 0 unspecified atom stereocenters. The van der Waals surface area contributed by atoms with Crippen molar-refractivity contribution >= 4 is 61.6 Å². The van der Waals surface area contributed by atoms with Crippen LogP contribution in [0, 0.1) is 3.57 Å². The Kier molecular flexibility index (Phi) is 4.29. The first-order chi connectivity index (χ1) is 8.49. The van der Waals surface area contributed by atoms with Crippen molar-refractivity contribution in [1.29, 1.82) is 0 Å². The SMILES string of the molecule is Nc1ccc(C(=O)c2cc(I)ccc2Br)c(Cl)c1. The number of halogens is 3. The normalized spacial score (nSPS) is 10.4. The van der Waals surface area contributed by atoms with E-state index in [0.717, 1.165) is 8.04 Å². The third kappa shape index (κ3) is 2.87. The molecule has 92 valence electrons. The number of carbonyl (C=O) groups excluding carboxylic acids is 1. The van der Waals surface area contributed by atoms with Gasteiger partial charge in [-0.25, -0.2) is 0 Å². The number of hydrogen-bond acceptors (Lipinski definition) is 2. The second-order valence-electron chi connectivity index (χ2n) is 3.69. The van der Waals surface area contributed by atoms with E-state index in [9.17, 15) is 4.79 Å². The molecule has 2 aromatic rings. The lowest BCUT2D eigenvalue weighted by Gasteiger charge is -2.07. The number of benzene rings is 2. The summed E-state index contributed by atoms with van der Waals surface area (Å²) in [5.74, 6) is -0.120.